The van der Waals surface area contributed by atoms with Crippen LogP contribution >= 0.6 is 0 Å². The number of pyridine rings is 1. The van der Waals surface area contributed by atoms with E-state index in [1.165, 1.54) is 6.42 Å². The Kier molecular flexibility index (Phi) is 4.42. The van der Waals surface area contributed by atoms with Crippen LogP contribution in [0.5, 0.6) is 5.75 Å². The predicted molar refractivity (Wildman–Crippen MR) is 71.9 cm³/mol. The van der Waals surface area contributed by atoms with Crippen molar-refractivity contribution in [3.05, 3.63) is 18.3 Å². The molecular weight excluding hydrogens is 228 g/mol. The van der Waals surface area contributed by atoms with Gasteiger partial charge in [-0.1, -0.05) is 19.3 Å². The number of hydrogen-bond donors (Lipinski definition) is 2. The van der Waals surface area contributed by atoms with Gasteiger partial charge < -0.3 is 15.2 Å². The summed E-state index contributed by atoms with van der Waals surface area (Å²) in [5.74, 6) is 1.47. The molecule has 2 rings (SSSR count). The topological polar surface area (TPSA) is 54.4 Å². The Morgan fingerprint density at radius 3 is 2.89 bits per heavy atom. The Bertz CT molecular complexity index is 376. The van der Waals surface area contributed by atoms with E-state index in [2.05, 4.69) is 10.3 Å². The molecule has 18 heavy (non-hydrogen) atoms. The van der Waals surface area contributed by atoms with Gasteiger partial charge in [-0.15, -0.1) is 0 Å². The van der Waals surface area contributed by atoms with E-state index in [0.29, 0.717) is 13.2 Å². The normalized spacial score (nSPS) is 18.3. The summed E-state index contributed by atoms with van der Waals surface area (Å²) in [6, 6.07) is 3.75. The highest BCUT2D eigenvalue weighted by molar-refractivity contribution is 5.49. The van der Waals surface area contributed by atoms with Crippen molar-refractivity contribution >= 4 is 5.82 Å². The van der Waals surface area contributed by atoms with E-state index in [0.717, 1.165) is 37.3 Å². The first-order valence-corrected chi connectivity index (χ1v) is 6.77. The van der Waals surface area contributed by atoms with E-state index in [1.54, 1.807) is 6.20 Å². The first kappa shape index (κ1) is 13.1. The summed E-state index contributed by atoms with van der Waals surface area (Å²) in [6.45, 7) is 3.11. The summed E-state index contributed by atoms with van der Waals surface area (Å²) >= 11 is 0. The summed E-state index contributed by atoms with van der Waals surface area (Å²) in [6.07, 6.45) is 6.93. The predicted octanol–water partition coefficient (Wildman–Crippen LogP) is 2.59. The van der Waals surface area contributed by atoms with Crippen molar-refractivity contribution in [2.45, 2.75) is 44.6 Å². The van der Waals surface area contributed by atoms with Crippen molar-refractivity contribution in [1.82, 2.24) is 4.98 Å². The molecule has 0 unspecified atom stereocenters. The second-order valence-electron chi connectivity index (χ2n) is 4.92. The lowest BCUT2D eigenvalue weighted by Crippen LogP contribution is -2.39. The number of hydrogen-bond acceptors (Lipinski definition) is 4. The second kappa shape index (κ2) is 6.05. The summed E-state index contributed by atoms with van der Waals surface area (Å²) in [7, 11) is 0. The molecule has 1 fully saturated rings. The first-order chi connectivity index (χ1) is 8.73. The molecule has 1 heterocycles. The molecule has 4 heteroatoms. The molecule has 0 aromatic carbocycles. The molecule has 0 saturated heterocycles. The molecule has 1 aromatic heterocycles. The van der Waals surface area contributed by atoms with E-state index in [1.807, 2.05) is 19.1 Å². The second-order valence-corrected chi connectivity index (χ2v) is 4.92. The number of rotatable bonds is 5. The van der Waals surface area contributed by atoms with E-state index < -0.39 is 5.60 Å². The molecule has 1 aliphatic rings. The van der Waals surface area contributed by atoms with Gasteiger partial charge in [0.05, 0.1) is 12.2 Å². The summed E-state index contributed by atoms with van der Waals surface area (Å²) < 4.78 is 5.50. The Morgan fingerprint density at radius 2 is 2.17 bits per heavy atom. The van der Waals surface area contributed by atoms with Crippen molar-refractivity contribution < 1.29 is 9.84 Å². The van der Waals surface area contributed by atoms with Crippen LogP contribution in [0.1, 0.15) is 39.0 Å². The summed E-state index contributed by atoms with van der Waals surface area (Å²) in [5.41, 5.74) is -0.584. The van der Waals surface area contributed by atoms with Crippen LogP contribution in [0.2, 0.25) is 0 Å². The fourth-order valence-electron chi connectivity index (χ4n) is 2.43. The molecule has 0 aliphatic heterocycles. The van der Waals surface area contributed by atoms with Crippen molar-refractivity contribution in [3.63, 3.8) is 0 Å². The lowest BCUT2D eigenvalue weighted by Gasteiger charge is -2.32. The van der Waals surface area contributed by atoms with Crippen molar-refractivity contribution in [2.75, 3.05) is 18.5 Å². The van der Waals surface area contributed by atoms with Gasteiger partial charge in [-0.05, 0) is 31.9 Å². The number of anilines is 1. The maximum Gasteiger partial charge on any atom is 0.168 e. The number of nitrogens with zero attached hydrogens (tertiary/aromatic N) is 1. The van der Waals surface area contributed by atoms with Crippen molar-refractivity contribution in [1.29, 1.82) is 0 Å². The summed E-state index contributed by atoms with van der Waals surface area (Å²) in [4.78, 5) is 4.27. The number of nitrogens with one attached hydrogen (secondary N) is 1. The van der Waals surface area contributed by atoms with Gasteiger partial charge in [-0.25, -0.2) is 4.98 Å². The van der Waals surface area contributed by atoms with Crippen molar-refractivity contribution in [3.8, 4) is 5.75 Å². The zero-order valence-corrected chi connectivity index (χ0v) is 11.0. The van der Waals surface area contributed by atoms with E-state index in [9.17, 15) is 5.11 Å². The number of ether oxygens (including phenoxy) is 1. The van der Waals surface area contributed by atoms with Crippen LogP contribution in [0.3, 0.4) is 0 Å². The lowest BCUT2D eigenvalue weighted by atomic mass is 9.85. The monoisotopic (exact) mass is 250 g/mol. The molecule has 0 amide bonds. The molecule has 2 N–H and O–H groups in total. The minimum Gasteiger partial charge on any atom is -0.490 e. The lowest BCUT2D eigenvalue weighted by molar-refractivity contribution is 0.0166. The quantitative estimate of drug-likeness (QED) is 0.843. The number of aromatic nitrogens is 1. The molecule has 1 saturated carbocycles. The van der Waals surface area contributed by atoms with Crippen LogP contribution in [0.15, 0.2) is 18.3 Å². The highest BCUT2D eigenvalue weighted by atomic mass is 16.5. The third kappa shape index (κ3) is 3.35. The molecule has 0 spiro atoms. The van der Waals surface area contributed by atoms with Gasteiger partial charge >= 0.3 is 0 Å². The molecule has 100 valence electrons. The Hall–Kier alpha value is -1.29. The minimum atomic E-state index is -0.584. The average Bonchev–Trinajstić information content (AvgIpc) is 2.39. The third-order valence-electron chi connectivity index (χ3n) is 3.44. The summed E-state index contributed by atoms with van der Waals surface area (Å²) in [5, 5.41) is 13.6. The fourth-order valence-corrected chi connectivity index (χ4v) is 2.43. The molecule has 0 bridgehead atoms. The van der Waals surface area contributed by atoms with E-state index >= 15 is 0 Å². The van der Waals surface area contributed by atoms with Crippen LogP contribution in [-0.4, -0.2) is 28.8 Å². The third-order valence-corrected chi connectivity index (χ3v) is 3.44. The van der Waals surface area contributed by atoms with Crippen LogP contribution in [0.4, 0.5) is 5.82 Å². The van der Waals surface area contributed by atoms with Crippen LogP contribution in [-0.2, 0) is 0 Å². The first-order valence-electron chi connectivity index (χ1n) is 6.77. The SMILES string of the molecule is CCOc1cccnc1NCC1(O)CCCCC1. The van der Waals surface area contributed by atoms with Gasteiger partial charge in [-0.3, -0.25) is 0 Å². The zero-order valence-electron chi connectivity index (χ0n) is 11.0. The molecule has 4 nitrogen and oxygen atoms in total. The minimum absolute atomic E-state index is 0.546. The van der Waals surface area contributed by atoms with Crippen molar-refractivity contribution in [2.24, 2.45) is 0 Å². The van der Waals surface area contributed by atoms with E-state index in [-0.39, 0.29) is 0 Å². The average molecular weight is 250 g/mol. The van der Waals surface area contributed by atoms with Crippen LogP contribution < -0.4 is 10.1 Å². The molecular formula is C14H22N2O2. The van der Waals surface area contributed by atoms with Gasteiger partial charge in [0.1, 0.15) is 0 Å². The smallest absolute Gasteiger partial charge is 0.168 e. The highest BCUT2D eigenvalue weighted by Gasteiger charge is 2.29. The largest absolute Gasteiger partial charge is 0.490 e. The van der Waals surface area contributed by atoms with Gasteiger partial charge in [-0.2, -0.15) is 0 Å². The molecule has 0 atom stereocenters. The highest BCUT2D eigenvalue weighted by Crippen LogP contribution is 2.29. The zero-order chi connectivity index (χ0) is 12.8. The van der Waals surface area contributed by atoms with E-state index in [4.69, 9.17) is 4.74 Å². The standard InChI is InChI=1S/C14H22N2O2/c1-2-18-12-7-6-10-15-13(12)16-11-14(17)8-4-3-5-9-14/h6-7,10,17H,2-5,8-9,11H2,1H3,(H,15,16). The Labute approximate surface area is 108 Å². The van der Waals surface area contributed by atoms with Gasteiger partial charge in [0.2, 0.25) is 0 Å². The van der Waals surface area contributed by atoms with Crippen LogP contribution in [0.25, 0.3) is 0 Å². The maximum absolute atomic E-state index is 10.4. The maximum atomic E-state index is 10.4. The molecule has 0 radical (unpaired) electrons. The van der Waals surface area contributed by atoms with Crippen LogP contribution in [0, 0.1) is 0 Å². The van der Waals surface area contributed by atoms with Gasteiger partial charge in [0.25, 0.3) is 0 Å². The number of aliphatic hydroxyl groups is 1. The van der Waals surface area contributed by atoms with Gasteiger partial charge in [0.15, 0.2) is 11.6 Å². The molecule has 1 aliphatic carbocycles. The Morgan fingerprint density at radius 1 is 1.39 bits per heavy atom. The Balaban J connectivity index is 1.96. The molecule has 1 aromatic rings. The fraction of sp³-hybridized carbons (Fsp3) is 0.643. The van der Waals surface area contributed by atoms with Gasteiger partial charge in [0, 0.05) is 12.7 Å².